The minimum absolute atomic E-state index is 0.0487. The van der Waals surface area contributed by atoms with E-state index in [-0.39, 0.29) is 11.8 Å². The molecule has 33 heavy (non-hydrogen) atoms. The number of methoxy groups -OCH3 is 1. The van der Waals surface area contributed by atoms with Crippen molar-refractivity contribution < 1.29 is 14.3 Å². The average molecular weight is 444 g/mol. The molecular weight excluding hydrogens is 414 g/mol. The Morgan fingerprint density at radius 1 is 1.03 bits per heavy atom. The van der Waals surface area contributed by atoms with Gasteiger partial charge in [-0.25, -0.2) is 0 Å². The molecule has 1 unspecified atom stereocenters. The summed E-state index contributed by atoms with van der Waals surface area (Å²) in [7, 11) is 5.22. The lowest BCUT2D eigenvalue weighted by atomic mass is 9.79. The number of pyridine rings is 1. The lowest BCUT2D eigenvalue weighted by Crippen LogP contribution is -2.44. The van der Waals surface area contributed by atoms with Crippen LogP contribution < -0.4 is 4.74 Å². The van der Waals surface area contributed by atoms with Crippen molar-refractivity contribution >= 4 is 11.8 Å². The molecule has 3 aromatic rings. The van der Waals surface area contributed by atoms with Crippen LogP contribution in [0.2, 0.25) is 0 Å². The van der Waals surface area contributed by atoms with Crippen molar-refractivity contribution in [2.75, 3.05) is 34.3 Å². The highest BCUT2D eigenvalue weighted by Gasteiger charge is 2.47. The van der Waals surface area contributed by atoms with Crippen LogP contribution in [-0.2, 0) is 11.2 Å². The standard InChI is InChI=1S/C27H29N3O3/c1-29(2)26(32)27(15-17-30(19-27)25(31)23-9-6-7-16-28-23)18-20-11-13-21(14-12-20)22-8-4-5-10-24(22)33-3/h4-14,16H,15,17-19H2,1-3H3. The Hall–Kier alpha value is -3.67. The number of para-hydroxylation sites is 1. The Bertz CT molecular complexity index is 1130. The van der Waals surface area contributed by atoms with Gasteiger partial charge in [0, 0.05) is 38.9 Å². The minimum atomic E-state index is -0.653. The van der Waals surface area contributed by atoms with Gasteiger partial charge in [0.25, 0.3) is 5.91 Å². The van der Waals surface area contributed by atoms with Crippen molar-refractivity contribution in [3.8, 4) is 16.9 Å². The first-order chi connectivity index (χ1) is 15.9. The van der Waals surface area contributed by atoms with Gasteiger partial charge in [-0.1, -0.05) is 48.5 Å². The van der Waals surface area contributed by atoms with Gasteiger partial charge in [0.15, 0.2) is 0 Å². The normalized spacial score (nSPS) is 17.6. The Labute approximate surface area is 194 Å². The highest BCUT2D eigenvalue weighted by atomic mass is 16.5. The van der Waals surface area contributed by atoms with Crippen molar-refractivity contribution in [1.82, 2.24) is 14.8 Å². The zero-order valence-electron chi connectivity index (χ0n) is 19.3. The van der Waals surface area contributed by atoms with Gasteiger partial charge < -0.3 is 14.5 Å². The summed E-state index contributed by atoms with van der Waals surface area (Å²) in [5, 5.41) is 0. The molecule has 2 amide bonds. The van der Waals surface area contributed by atoms with E-state index in [0.717, 1.165) is 22.4 Å². The van der Waals surface area contributed by atoms with E-state index >= 15 is 0 Å². The molecule has 4 rings (SSSR count). The van der Waals surface area contributed by atoms with E-state index in [0.29, 0.717) is 31.6 Å². The van der Waals surface area contributed by atoms with E-state index in [2.05, 4.69) is 29.2 Å². The number of hydrogen-bond acceptors (Lipinski definition) is 4. The van der Waals surface area contributed by atoms with E-state index in [1.165, 1.54) is 0 Å². The van der Waals surface area contributed by atoms with E-state index in [1.807, 2.05) is 24.3 Å². The molecule has 0 bridgehead atoms. The summed E-state index contributed by atoms with van der Waals surface area (Å²) in [5.41, 5.74) is 2.91. The number of nitrogens with zero attached hydrogens (tertiary/aromatic N) is 3. The first-order valence-corrected chi connectivity index (χ1v) is 11.1. The lowest BCUT2D eigenvalue weighted by Gasteiger charge is -2.31. The number of hydrogen-bond donors (Lipinski definition) is 0. The maximum atomic E-state index is 13.3. The Morgan fingerprint density at radius 3 is 2.42 bits per heavy atom. The molecule has 1 saturated heterocycles. The predicted octanol–water partition coefficient (Wildman–Crippen LogP) is 3.92. The maximum Gasteiger partial charge on any atom is 0.272 e. The topological polar surface area (TPSA) is 62.7 Å². The first-order valence-electron chi connectivity index (χ1n) is 11.1. The first kappa shape index (κ1) is 22.5. The second kappa shape index (κ2) is 9.45. The number of benzene rings is 2. The molecular formula is C27H29N3O3. The largest absolute Gasteiger partial charge is 0.496 e. The molecule has 0 radical (unpaired) electrons. The van der Waals surface area contributed by atoms with Crippen LogP contribution in [0.5, 0.6) is 5.75 Å². The summed E-state index contributed by atoms with van der Waals surface area (Å²) < 4.78 is 5.49. The zero-order chi connectivity index (χ0) is 23.4. The molecule has 1 fully saturated rings. The van der Waals surface area contributed by atoms with E-state index in [9.17, 15) is 9.59 Å². The molecule has 6 heteroatoms. The fourth-order valence-corrected chi connectivity index (χ4v) is 4.64. The minimum Gasteiger partial charge on any atom is -0.496 e. The van der Waals surface area contributed by atoms with Crippen LogP contribution in [0.3, 0.4) is 0 Å². The molecule has 0 aliphatic carbocycles. The van der Waals surface area contributed by atoms with Gasteiger partial charge in [0.2, 0.25) is 5.91 Å². The summed E-state index contributed by atoms with van der Waals surface area (Å²) in [6, 6.07) is 21.5. The number of carbonyl (C=O) groups is 2. The Balaban J connectivity index is 1.57. The van der Waals surface area contributed by atoms with Crippen molar-refractivity contribution in [2.24, 2.45) is 5.41 Å². The highest BCUT2D eigenvalue weighted by molar-refractivity contribution is 5.93. The summed E-state index contributed by atoms with van der Waals surface area (Å²) in [6.07, 6.45) is 2.81. The van der Waals surface area contributed by atoms with Crippen LogP contribution >= 0.6 is 0 Å². The fraction of sp³-hybridized carbons (Fsp3) is 0.296. The number of amides is 2. The molecule has 1 aliphatic heterocycles. The van der Waals surface area contributed by atoms with Crippen molar-refractivity contribution in [2.45, 2.75) is 12.8 Å². The van der Waals surface area contributed by atoms with Crippen LogP contribution in [0.25, 0.3) is 11.1 Å². The van der Waals surface area contributed by atoms with Gasteiger partial charge in [-0.05, 0) is 42.2 Å². The number of likely N-dealkylation sites (tertiary alicyclic amines) is 1. The van der Waals surface area contributed by atoms with Gasteiger partial charge in [0.1, 0.15) is 11.4 Å². The van der Waals surface area contributed by atoms with Crippen molar-refractivity contribution in [1.29, 1.82) is 0 Å². The van der Waals surface area contributed by atoms with Gasteiger partial charge in [-0.3, -0.25) is 14.6 Å². The molecule has 0 N–H and O–H groups in total. The smallest absolute Gasteiger partial charge is 0.272 e. The highest BCUT2D eigenvalue weighted by Crippen LogP contribution is 2.37. The number of aromatic nitrogens is 1. The van der Waals surface area contributed by atoms with Gasteiger partial charge in [0.05, 0.1) is 12.5 Å². The molecule has 1 atom stereocenters. The molecule has 2 heterocycles. The Morgan fingerprint density at radius 2 is 1.76 bits per heavy atom. The molecule has 6 nitrogen and oxygen atoms in total. The molecule has 1 aromatic heterocycles. The molecule has 170 valence electrons. The number of rotatable bonds is 6. The van der Waals surface area contributed by atoms with Gasteiger partial charge >= 0.3 is 0 Å². The Kier molecular flexibility index (Phi) is 6.45. The predicted molar refractivity (Wildman–Crippen MR) is 128 cm³/mol. The second-order valence-electron chi connectivity index (χ2n) is 8.75. The summed E-state index contributed by atoms with van der Waals surface area (Å²) >= 11 is 0. The van der Waals surface area contributed by atoms with Crippen LogP contribution in [-0.4, -0.2) is 60.9 Å². The third-order valence-electron chi connectivity index (χ3n) is 6.30. The SMILES string of the molecule is COc1ccccc1-c1ccc(CC2(C(=O)N(C)C)CCN(C(=O)c3ccccn3)C2)cc1. The zero-order valence-corrected chi connectivity index (χ0v) is 19.3. The average Bonchev–Trinajstić information content (AvgIpc) is 3.29. The number of ether oxygens (including phenoxy) is 1. The fourth-order valence-electron chi connectivity index (χ4n) is 4.64. The van der Waals surface area contributed by atoms with Gasteiger partial charge in [-0.2, -0.15) is 0 Å². The second-order valence-corrected chi connectivity index (χ2v) is 8.75. The summed E-state index contributed by atoms with van der Waals surface area (Å²) in [6.45, 7) is 0.919. The number of carbonyl (C=O) groups excluding carboxylic acids is 2. The lowest BCUT2D eigenvalue weighted by molar-refractivity contribution is -0.138. The van der Waals surface area contributed by atoms with E-state index in [4.69, 9.17) is 4.74 Å². The van der Waals surface area contributed by atoms with Crippen LogP contribution in [0.1, 0.15) is 22.5 Å². The van der Waals surface area contributed by atoms with Crippen LogP contribution in [0, 0.1) is 5.41 Å². The van der Waals surface area contributed by atoms with E-state index < -0.39 is 5.41 Å². The third-order valence-corrected chi connectivity index (χ3v) is 6.30. The van der Waals surface area contributed by atoms with E-state index in [1.54, 1.807) is 55.4 Å². The monoisotopic (exact) mass is 443 g/mol. The summed E-state index contributed by atoms with van der Waals surface area (Å²) in [4.78, 5) is 33.9. The van der Waals surface area contributed by atoms with Crippen molar-refractivity contribution in [3.63, 3.8) is 0 Å². The molecule has 0 spiro atoms. The van der Waals surface area contributed by atoms with Crippen molar-refractivity contribution in [3.05, 3.63) is 84.2 Å². The molecule has 1 aliphatic rings. The van der Waals surface area contributed by atoms with Gasteiger partial charge in [-0.15, -0.1) is 0 Å². The molecule has 2 aromatic carbocycles. The molecule has 0 saturated carbocycles. The summed E-state index contributed by atoms with van der Waals surface area (Å²) in [5.74, 6) is 0.743. The van der Waals surface area contributed by atoms with Crippen LogP contribution in [0.15, 0.2) is 72.9 Å². The van der Waals surface area contributed by atoms with Crippen LogP contribution in [0.4, 0.5) is 0 Å². The third kappa shape index (κ3) is 4.60. The maximum absolute atomic E-state index is 13.3. The quantitative estimate of drug-likeness (QED) is 0.579.